The summed E-state index contributed by atoms with van der Waals surface area (Å²) in [4.78, 5) is 30.9. The minimum absolute atomic E-state index is 0.363. The van der Waals surface area contributed by atoms with Crippen LogP contribution in [0.15, 0.2) is 18.2 Å². The lowest BCUT2D eigenvalue weighted by molar-refractivity contribution is -0.143. The zero-order valence-electron chi connectivity index (χ0n) is 13.6. The molecule has 0 saturated carbocycles. The van der Waals surface area contributed by atoms with E-state index in [1.54, 1.807) is 0 Å². The van der Waals surface area contributed by atoms with Gasteiger partial charge in [0.25, 0.3) is 0 Å². The highest BCUT2D eigenvalue weighted by atomic mass is 31.2. The van der Waals surface area contributed by atoms with Crippen LogP contribution in [-0.4, -0.2) is 51.0 Å². The lowest BCUT2D eigenvalue weighted by atomic mass is 10.1. The van der Waals surface area contributed by atoms with Gasteiger partial charge in [0.15, 0.2) is 12.5 Å². The maximum Gasteiger partial charge on any atom is 0.419 e. The SMILES string of the molecule is N[C@H](CCP(=O)(O)C(O)c1ccc(OCC(=O)O)c(C(F)(F)F)c1)C(=O)O. The largest absolute Gasteiger partial charge is 0.481 e. The van der Waals surface area contributed by atoms with Gasteiger partial charge in [0.05, 0.1) is 5.56 Å². The van der Waals surface area contributed by atoms with E-state index in [1.165, 1.54) is 0 Å². The Morgan fingerprint density at radius 3 is 2.33 bits per heavy atom. The molecule has 3 atom stereocenters. The van der Waals surface area contributed by atoms with Crippen molar-refractivity contribution in [2.24, 2.45) is 5.73 Å². The Bertz CT molecular complexity index is 754. The predicted molar refractivity (Wildman–Crippen MR) is 84.5 cm³/mol. The van der Waals surface area contributed by atoms with E-state index in [2.05, 4.69) is 4.74 Å². The van der Waals surface area contributed by atoms with Crippen molar-refractivity contribution in [1.29, 1.82) is 0 Å². The minimum Gasteiger partial charge on any atom is -0.481 e. The second-order valence-electron chi connectivity index (χ2n) is 5.52. The molecule has 0 aliphatic rings. The van der Waals surface area contributed by atoms with E-state index in [9.17, 15) is 37.3 Å². The number of hydrogen-bond acceptors (Lipinski definition) is 6. The quantitative estimate of drug-likeness (QED) is 0.373. The summed E-state index contributed by atoms with van der Waals surface area (Å²) in [6, 6.07) is 0.474. The molecule has 0 spiro atoms. The number of carboxylic acid groups (broad SMARTS) is 2. The number of halogens is 3. The van der Waals surface area contributed by atoms with Crippen molar-refractivity contribution in [1.82, 2.24) is 0 Å². The number of alkyl halides is 3. The molecule has 152 valence electrons. The first kappa shape index (κ1) is 22.9. The van der Waals surface area contributed by atoms with E-state index in [1.807, 2.05) is 0 Å². The van der Waals surface area contributed by atoms with E-state index in [0.29, 0.717) is 12.1 Å². The fourth-order valence-electron chi connectivity index (χ4n) is 2.00. The Labute approximate surface area is 150 Å². The number of rotatable bonds is 9. The first-order valence-electron chi connectivity index (χ1n) is 7.29. The summed E-state index contributed by atoms with van der Waals surface area (Å²) >= 11 is 0. The molecule has 13 heteroatoms. The number of aliphatic carboxylic acids is 2. The Balaban J connectivity index is 3.12. The minimum atomic E-state index is -4.99. The molecule has 1 aromatic rings. The van der Waals surface area contributed by atoms with Crippen molar-refractivity contribution in [2.45, 2.75) is 24.5 Å². The van der Waals surface area contributed by atoms with E-state index >= 15 is 0 Å². The molecule has 0 amide bonds. The number of aliphatic hydroxyl groups excluding tert-OH is 1. The molecule has 0 radical (unpaired) electrons. The fraction of sp³-hybridized carbons (Fsp3) is 0.429. The average Bonchev–Trinajstić information content (AvgIpc) is 2.56. The molecule has 0 bridgehead atoms. The predicted octanol–water partition coefficient (Wildman–Crippen LogP) is 1.23. The first-order valence-corrected chi connectivity index (χ1v) is 9.20. The van der Waals surface area contributed by atoms with Crippen molar-refractivity contribution >= 4 is 19.3 Å². The van der Waals surface area contributed by atoms with E-state index < -0.39 is 73.4 Å². The molecule has 0 heterocycles. The molecule has 0 aliphatic heterocycles. The van der Waals surface area contributed by atoms with Gasteiger partial charge in [-0.1, -0.05) is 6.07 Å². The second-order valence-corrected chi connectivity index (χ2v) is 7.97. The topological polar surface area (TPSA) is 167 Å². The van der Waals surface area contributed by atoms with Crippen LogP contribution >= 0.6 is 7.37 Å². The zero-order chi connectivity index (χ0) is 21.0. The molecule has 9 nitrogen and oxygen atoms in total. The van der Waals surface area contributed by atoms with Gasteiger partial charge in [-0.05, 0) is 24.1 Å². The third-order valence-electron chi connectivity index (χ3n) is 3.42. The second kappa shape index (κ2) is 8.70. The Morgan fingerprint density at radius 1 is 1.26 bits per heavy atom. The third kappa shape index (κ3) is 6.51. The summed E-state index contributed by atoms with van der Waals surface area (Å²) in [6.07, 6.45) is -6.21. The molecule has 2 unspecified atom stereocenters. The van der Waals surface area contributed by atoms with Crippen molar-refractivity contribution in [3.05, 3.63) is 29.3 Å². The summed E-state index contributed by atoms with van der Waals surface area (Å²) in [5.74, 6) is -6.01. The van der Waals surface area contributed by atoms with Crippen LogP contribution in [0.1, 0.15) is 23.4 Å². The Morgan fingerprint density at radius 2 is 1.85 bits per heavy atom. The van der Waals surface area contributed by atoms with Crippen LogP contribution < -0.4 is 10.5 Å². The van der Waals surface area contributed by atoms with Gasteiger partial charge in [-0.2, -0.15) is 13.2 Å². The van der Waals surface area contributed by atoms with Crippen molar-refractivity contribution < 1.29 is 52.3 Å². The van der Waals surface area contributed by atoms with Gasteiger partial charge in [-0.3, -0.25) is 9.36 Å². The third-order valence-corrected chi connectivity index (χ3v) is 5.38. The highest BCUT2D eigenvalue weighted by molar-refractivity contribution is 7.58. The van der Waals surface area contributed by atoms with Crippen LogP contribution in [0.2, 0.25) is 0 Å². The molecule has 0 fully saturated rings. The smallest absolute Gasteiger partial charge is 0.419 e. The summed E-state index contributed by atoms with van der Waals surface area (Å²) < 4.78 is 56.1. The molecular formula is C14H17F3NO8P. The fourth-order valence-corrected chi connectivity index (χ4v) is 3.52. The van der Waals surface area contributed by atoms with Gasteiger partial charge in [0.1, 0.15) is 11.8 Å². The summed E-state index contributed by atoms with van der Waals surface area (Å²) in [7, 11) is -4.51. The van der Waals surface area contributed by atoms with E-state index in [0.717, 1.165) is 6.07 Å². The van der Waals surface area contributed by atoms with Gasteiger partial charge in [-0.25, -0.2) is 4.79 Å². The lowest BCUT2D eigenvalue weighted by Gasteiger charge is -2.21. The van der Waals surface area contributed by atoms with Crippen LogP contribution in [0, 0.1) is 0 Å². The standard InChI is InChI=1S/C14H17F3NO8P/c15-14(16,17)8-5-7(1-2-10(8)26-6-11(19)20)13(23)27(24,25)4-3-9(18)12(21)22/h1-2,5,9,13,23H,3-4,6,18H2,(H,19,20)(H,21,22)(H,24,25)/t9-,13?/m1/s1. The Kier molecular flexibility index (Phi) is 7.38. The highest BCUT2D eigenvalue weighted by Gasteiger charge is 2.38. The zero-order valence-corrected chi connectivity index (χ0v) is 14.5. The summed E-state index contributed by atoms with van der Waals surface area (Å²) in [6.45, 7) is -1.05. The van der Waals surface area contributed by atoms with E-state index in [4.69, 9.17) is 15.9 Å². The van der Waals surface area contributed by atoms with Crippen LogP contribution in [0.5, 0.6) is 5.75 Å². The molecule has 27 heavy (non-hydrogen) atoms. The van der Waals surface area contributed by atoms with E-state index in [-0.39, 0.29) is 0 Å². The van der Waals surface area contributed by atoms with Crippen molar-refractivity contribution in [3.63, 3.8) is 0 Å². The maximum absolute atomic E-state index is 13.1. The van der Waals surface area contributed by atoms with Crippen LogP contribution in [0.4, 0.5) is 13.2 Å². The van der Waals surface area contributed by atoms with Crippen LogP contribution in [-0.2, 0) is 20.3 Å². The highest BCUT2D eigenvalue weighted by Crippen LogP contribution is 2.55. The maximum atomic E-state index is 13.1. The molecule has 1 aromatic carbocycles. The van der Waals surface area contributed by atoms with Gasteiger partial charge in [-0.15, -0.1) is 0 Å². The van der Waals surface area contributed by atoms with Gasteiger partial charge >= 0.3 is 18.1 Å². The molecule has 1 rings (SSSR count). The number of benzene rings is 1. The van der Waals surface area contributed by atoms with Crippen LogP contribution in [0.3, 0.4) is 0 Å². The number of aliphatic hydroxyl groups is 1. The molecule has 0 saturated heterocycles. The van der Waals surface area contributed by atoms with Crippen LogP contribution in [0.25, 0.3) is 0 Å². The van der Waals surface area contributed by atoms with Gasteiger partial charge in [0, 0.05) is 6.16 Å². The van der Waals surface area contributed by atoms with Gasteiger partial charge < -0.3 is 30.7 Å². The molecule has 6 N–H and O–H groups in total. The Hall–Kier alpha value is -2.14. The molecule has 0 aliphatic carbocycles. The molecule has 0 aromatic heterocycles. The monoisotopic (exact) mass is 415 g/mol. The number of carbonyl (C=O) groups is 2. The summed E-state index contributed by atoms with van der Waals surface area (Å²) in [5.41, 5.74) is 3.18. The first-order chi connectivity index (χ1) is 12.3. The number of carboxylic acids is 2. The number of ether oxygens (including phenoxy) is 1. The number of hydrogen-bond donors (Lipinski definition) is 5. The lowest BCUT2D eigenvalue weighted by Crippen LogP contribution is -2.31. The normalized spacial score (nSPS) is 16.2. The number of nitrogens with two attached hydrogens (primary N) is 1. The average molecular weight is 415 g/mol. The van der Waals surface area contributed by atoms with Gasteiger partial charge in [0.2, 0.25) is 7.37 Å². The van der Waals surface area contributed by atoms with Crippen molar-refractivity contribution in [2.75, 3.05) is 12.8 Å². The van der Waals surface area contributed by atoms with Crippen molar-refractivity contribution in [3.8, 4) is 5.75 Å². The molecular weight excluding hydrogens is 398 g/mol. The summed E-state index contributed by atoms with van der Waals surface area (Å²) in [5, 5.41) is 27.1.